The third kappa shape index (κ3) is 5.89. The molecule has 19 heavy (non-hydrogen) atoms. The monoisotopic (exact) mass is 304 g/mol. The maximum atomic E-state index is 12.2. The normalized spacial score (nSPS) is 11.9. The lowest BCUT2D eigenvalue weighted by atomic mass is 10.3. The van der Waals surface area contributed by atoms with Crippen molar-refractivity contribution in [1.29, 1.82) is 0 Å². The Bertz CT molecular complexity index is 451. The molecule has 1 heterocycles. The molecule has 6 heteroatoms. The van der Waals surface area contributed by atoms with Gasteiger partial charge in [-0.3, -0.25) is 4.98 Å². The van der Waals surface area contributed by atoms with Crippen LogP contribution in [0.15, 0.2) is 24.4 Å². The number of sulfonamides is 1. The zero-order chi connectivity index (χ0) is 14.1. The molecule has 0 aliphatic rings. The molecular formula is C13H21ClN2O2S. The van der Waals surface area contributed by atoms with Crippen molar-refractivity contribution in [1.82, 2.24) is 9.29 Å². The summed E-state index contributed by atoms with van der Waals surface area (Å²) in [5.41, 5.74) is 0.799. The number of hydrogen-bond donors (Lipinski definition) is 0. The van der Waals surface area contributed by atoms with Gasteiger partial charge in [-0.2, -0.15) is 0 Å². The zero-order valence-electron chi connectivity index (χ0n) is 11.3. The third-order valence-corrected chi connectivity index (χ3v) is 4.87. The van der Waals surface area contributed by atoms with E-state index in [9.17, 15) is 8.42 Å². The number of halogens is 1. The van der Waals surface area contributed by atoms with Crippen LogP contribution >= 0.6 is 11.6 Å². The van der Waals surface area contributed by atoms with Gasteiger partial charge >= 0.3 is 0 Å². The van der Waals surface area contributed by atoms with Gasteiger partial charge in [-0.25, -0.2) is 12.7 Å². The molecule has 0 saturated carbocycles. The van der Waals surface area contributed by atoms with Crippen LogP contribution in [0.5, 0.6) is 0 Å². The number of unbranched alkanes of at least 4 members (excludes halogenated alkanes) is 1. The fourth-order valence-electron chi connectivity index (χ4n) is 1.73. The molecule has 1 aromatic rings. The molecule has 0 aliphatic carbocycles. The summed E-state index contributed by atoms with van der Waals surface area (Å²) in [6.45, 7) is 2.97. The number of aryl methyl sites for hydroxylation is 1. The molecule has 0 atom stereocenters. The highest BCUT2D eigenvalue weighted by atomic mass is 35.5. The van der Waals surface area contributed by atoms with E-state index in [1.165, 1.54) is 4.31 Å². The summed E-state index contributed by atoms with van der Waals surface area (Å²) in [5.74, 6) is 0.414. The predicted molar refractivity (Wildman–Crippen MR) is 78.9 cm³/mol. The first-order valence-corrected chi connectivity index (χ1v) is 8.68. The molecule has 0 bridgehead atoms. The van der Waals surface area contributed by atoms with Crippen molar-refractivity contribution in [3.05, 3.63) is 30.1 Å². The van der Waals surface area contributed by atoms with Gasteiger partial charge in [-0.1, -0.05) is 19.4 Å². The maximum Gasteiger partial charge on any atom is 0.214 e. The van der Waals surface area contributed by atoms with Crippen molar-refractivity contribution < 1.29 is 8.42 Å². The number of nitrogens with zero attached hydrogens (tertiary/aromatic N) is 2. The number of aromatic nitrogens is 1. The average molecular weight is 305 g/mol. The van der Waals surface area contributed by atoms with E-state index in [2.05, 4.69) is 4.98 Å². The molecule has 1 rings (SSSR count). The second-order valence-electron chi connectivity index (χ2n) is 4.33. The van der Waals surface area contributed by atoms with E-state index in [0.717, 1.165) is 18.5 Å². The molecule has 0 aromatic carbocycles. The molecule has 0 aliphatic heterocycles. The van der Waals surface area contributed by atoms with Crippen molar-refractivity contribution in [3.63, 3.8) is 0 Å². The number of rotatable bonds is 9. The number of hydrogen-bond acceptors (Lipinski definition) is 3. The Balaban J connectivity index is 2.61. The van der Waals surface area contributed by atoms with Crippen molar-refractivity contribution in [2.45, 2.75) is 26.2 Å². The molecule has 1 aromatic heterocycles. The summed E-state index contributed by atoms with van der Waals surface area (Å²) in [7, 11) is -3.25. The lowest BCUT2D eigenvalue weighted by molar-refractivity contribution is 0.420. The Morgan fingerprint density at radius 2 is 2.11 bits per heavy atom. The highest BCUT2D eigenvalue weighted by Crippen LogP contribution is 2.07. The second kappa shape index (κ2) is 8.51. The van der Waals surface area contributed by atoms with Gasteiger partial charge in [0.05, 0.1) is 5.75 Å². The Labute approximate surface area is 120 Å². The Morgan fingerprint density at radius 3 is 2.68 bits per heavy atom. The van der Waals surface area contributed by atoms with Crippen LogP contribution in [0.25, 0.3) is 0 Å². The highest BCUT2D eigenvalue weighted by Gasteiger charge is 2.20. The number of alkyl halides is 1. The van der Waals surface area contributed by atoms with E-state index >= 15 is 0 Å². The van der Waals surface area contributed by atoms with Crippen LogP contribution in [0.1, 0.15) is 25.5 Å². The Hall–Kier alpha value is -0.650. The molecule has 0 radical (unpaired) electrons. The molecule has 0 N–H and O–H groups in total. The fraction of sp³-hybridized carbons (Fsp3) is 0.615. The molecule has 108 valence electrons. The first kappa shape index (κ1) is 16.4. The van der Waals surface area contributed by atoms with Crippen LogP contribution in [-0.4, -0.2) is 42.4 Å². The molecule has 0 fully saturated rings. The smallest absolute Gasteiger partial charge is 0.214 e. The van der Waals surface area contributed by atoms with Crippen LogP contribution in [-0.2, 0) is 16.4 Å². The van der Waals surface area contributed by atoms with E-state index in [1.54, 1.807) is 6.20 Å². The largest absolute Gasteiger partial charge is 0.261 e. The van der Waals surface area contributed by atoms with Crippen molar-refractivity contribution in [3.8, 4) is 0 Å². The fourth-order valence-corrected chi connectivity index (χ4v) is 3.53. The van der Waals surface area contributed by atoms with Crippen molar-refractivity contribution in [2.75, 3.05) is 24.7 Å². The van der Waals surface area contributed by atoms with Gasteiger partial charge < -0.3 is 0 Å². The first-order chi connectivity index (χ1) is 9.10. The van der Waals surface area contributed by atoms with Crippen LogP contribution in [0.2, 0.25) is 0 Å². The van der Waals surface area contributed by atoms with Crippen LogP contribution in [0.4, 0.5) is 0 Å². The summed E-state index contributed by atoms with van der Waals surface area (Å²) in [6.07, 6.45) is 3.94. The zero-order valence-corrected chi connectivity index (χ0v) is 12.8. The summed E-state index contributed by atoms with van der Waals surface area (Å²) < 4.78 is 26.0. The molecular weight excluding hydrogens is 284 g/mol. The van der Waals surface area contributed by atoms with Crippen LogP contribution in [0.3, 0.4) is 0 Å². The topological polar surface area (TPSA) is 50.3 Å². The predicted octanol–water partition coefficient (Wildman–Crippen LogP) is 2.29. The SMILES string of the molecule is CCCCN(CCCl)S(=O)(=O)CCc1ccccn1. The minimum absolute atomic E-state index is 0.0879. The lowest BCUT2D eigenvalue weighted by Gasteiger charge is -2.20. The highest BCUT2D eigenvalue weighted by molar-refractivity contribution is 7.89. The second-order valence-corrected chi connectivity index (χ2v) is 6.80. The van der Waals surface area contributed by atoms with Gasteiger partial charge in [0.1, 0.15) is 0 Å². The van der Waals surface area contributed by atoms with Crippen molar-refractivity contribution >= 4 is 21.6 Å². The minimum Gasteiger partial charge on any atom is -0.261 e. The summed E-state index contributed by atoms with van der Waals surface area (Å²) >= 11 is 5.68. The third-order valence-electron chi connectivity index (χ3n) is 2.83. The quantitative estimate of drug-likeness (QED) is 0.658. The van der Waals surface area contributed by atoms with E-state index < -0.39 is 10.0 Å². The van der Waals surface area contributed by atoms with Crippen LogP contribution in [0, 0.1) is 0 Å². The minimum atomic E-state index is -3.25. The van der Waals surface area contributed by atoms with E-state index in [1.807, 2.05) is 25.1 Å². The summed E-state index contributed by atoms with van der Waals surface area (Å²) in [6, 6.07) is 5.52. The van der Waals surface area contributed by atoms with E-state index in [4.69, 9.17) is 11.6 Å². The summed E-state index contributed by atoms with van der Waals surface area (Å²) in [5, 5.41) is 0. The van der Waals surface area contributed by atoms with Gasteiger partial charge in [0.15, 0.2) is 0 Å². The maximum absolute atomic E-state index is 12.2. The summed E-state index contributed by atoms with van der Waals surface area (Å²) in [4.78, 5) is 4.14. The molecule has 0 spiro atoms. The average Bonchev–Trinajstić information content (AvgIpc) is 2.42. The molecule has 4 nitrogen and oxygen atoms in total. The van der Waals surface area contributed by atoms with Gasteiger partial charge in [-0.15, -0.1) is 11.6 Å². The van der Waals surface area contributed by atoms with Gasteiger partial charge in [0.25, 0.3) is 0 Å². The Morgan fingerprint density at radius 1 is 1.32 bits per heavy atom. The van der Waals surface area contributed by atoms with E-state index in [-0.39, 0.29) is 5.75 Å². The Kier molecular flexibility index (Phi) is 7.34. The van der Waals surface area contributed by atoms with Gasteiger partial charge in [0, 0.05) is 37.3 Å². The van der Waals surface area contributed by atoms with E-state index in [0.29, 0.717) is 25.4 Å². The van der Waals surface area contributed by atoms with Crippen LogP contribution < -0.4 is 0 Å². The van der Waals surface area contributed by atoms with Gasteiger partial charge in [-0.05, 0) is 18.6 Å². The van der Waals surface area contributed by atoms with Gasteiger partial charge in [0.2, 0.25) is 10.0 Å². The molecule has 0 amide bonds. The van der Waals surface area contributed by atoms with Crippen molar-refractivity contribution in [2.24, 2.45) is 0 Å². The molecule has 0 unspecified atom stereocenters. The number of pyridine rings is 1. The molecule has 0 saturated heterocycles. The first-order valence-electron chi connectivity index (χ1n) is 6.54. The lowest BCUT2D eigenvalue weighted by Crippen LogP contribution is -2.36. The standard InChI is InChI=1S/C13H21ClN2O2S/c1-2-3-10-16(11-8-14)19(17,18)12-7-13-6-4-5-9-15-13/h4-6,9H,2-3,7-8,10-12H2,1H3.